The lowest BCUT2D eigenvalue weighted by Crippen LogP contribution is -2.47. The van der Waals surface area contributed by atoms with E-state index in [4.69, 9.17) is 4.74 Å². The van der Waals surface area contributed by atoms with E-state index in [1.165, 1.54) is 18.4 Å². The number of nitrogens with zero attached hydrogens (tertiary/aromatic N) is 3. The van der Waals surface area contributed by atoms with Crippen LogP contribution >= 0.6 is 0 Å². The number of likely N-dealkylation sites (tertiary alicyclic amines) is 1. The highest BCUT2D eigenvalue weighted by Gasteiger charge is 2.33. The SMILES string of the molecule is CCCCn1cc(CN2CCC(O)(COc3ccccc3)CC2)c(C)n1. The van der Waals surface area contributed by atoms with E-state index in [-0.39, 0.29) is 0 Å². The number of aryl methyl sites for hydroxylation is 2. The molecular weight excluding hydrogens is 326 g/mol. The molecule has 26 heavy (non-hydrogen) atoms. The average molecular weight is 357 g/mol. The van der Waals surface area contributed by atoms with E-state index >= 15 is 0 Å². The van der Waals surface area contributed by atoms with Gasteiger partial charge in [0.15, 0.2) is 0 Å². The van der Waals surface area contributed by atoms with Gasteiger partial charge in [0.2, 0.25) is 0 Å². The number of hydrogen-bond donors (Lipinski definition) is 1. The van der Waals surface area contributed by atoms with Crippen LogP contribution in [0.2, 0.25) is 0 Å². The second-order valence-electron chi connectivity index (χ2n) is 7.46. The Hall–Kier alpha value is -1.85. The number of aromatic nitrogens is 2. The van der Waals surface area contributed by atoms with E-state index in [0.29, 0.717) is 6.61 Å². The van der Waals surface area contributed by atoms with Crippen LogP contribution in [0, 0.1) is 6.92 Å². The third kappa shape index (κ3) is 5.08. The molecule has 5 heteroatoms. The normalized spacial score (nSPS) is 17.3. The van der Waals surface area contributed by atoms with Crippen LogP contribution in [0.25, 0.3) is 0 Å². The van der Waals surface area contributed by atoms with Crippen molar-refractivity contribution in [1.82, 2.24) is 14.7 Å². The molecule has 1 aliphatic rings. The van der Waals surface area contributed by atoms with E-state index in [1.807, 2.05) is 30.3 Å². The molecule has 0 amide bonds. The fourth-order valence-electron chi connectivity index (χ4n) is 3.40. The Balaban J connectivity index is 1.48. The van der Waals surface area contributed by atoms with Crippen molar-refractivity contribution in [3.8, 4) is 5.75 Å². The molecule has 2 aromatic rings. The molecule has 5 nitrogen and oxygen atoms in total. The van der Waals surface area contributed by atoms with Crippen molar-refractivity contribution in [2.24, 2.45) is 0 Å². The van der Waals surface area contributed by atoms with Gasteiger partial charge < -0.3 is 9.84 Å². The van der Waals surface area contributed by atoms with E-state index in [2.05, 4.69) is 34.7 Å². The number of benzene rings is 1. The first-order chi connectivity index (χ1) is 12.6. The molecule has 1 aliphatic heterocycles. The standard InChI is InChI=1S/C21H31N3O2/c1-3-4-12-24-16-19(18(2)22-24)15-23-13-10-21(25,11-14-23)17-26-20-8-6-5-7-9-20/h5-9,16,25H,3-4,10-15,17H2,1-2H3. The van der Waals surface area contributed by atoms with Gasteiger partial charge >= 0.3 is 0 Å². The molecule has 0 radical (unpaired) electrons. The highest BCUT2D eigenvalue weighted by atomic mass is 16.5. The summed E-state index contributed by atoms with van der Waals surface area (Å²) in [7, 11) is 0. The quantitative estimate of drug-likeness (QED) is 0.787. The lowest BCUT2D eigenvalue weighted by atomic mass is 9.92. The molecule has 0 spiro atoms. The predicted octanol–water partition coefficient (Wildman–Crippen LogP) is 3.40. The van der Waals surface area contributed by atoms with Gasteiger partial charge in [0.25, 0.3) is 0 Å². The lowest BCUT2D eigenvalue weighted by molar-refractivity contribution is -0.0537. The average Bonchev–Trinajstić information content (AvgIpc) is 3.01. The fraction of sp³-hybridized carbons (Fsp3) is 0.571. The first-order valence-corrected chi connectivity index (χ1v) is 9.73. The molecule has 0 atom stereocenters. The van der Waals surface area contributed by atoms with Crippen molar-refractivity contribution in [3.63, 3.8) is 0 Å². The maximum absolute atomic E-state index is 10.8. The zero-order chi connectivity index (χ0) is 18.4. The maximum Gasteiger partial charge on any atom is 0.119 e. The molecule has 1 fully saturated rings. The topological polar surface area (TPSA) is 50.5 Å². The Morgan fingerprint density at radius 2 is 1.92 bits per heavy atom. The molecule has 0 saturated carbocycles. The monoisotopic (exact) mass is 357 g/mol. The summed E-state index contributed by atoms with van der Waals surface area (Å²) in [6, 6.07) is 9.72. The van der Waals surface area contributed by atoms with Gasteiger partial charge in [-0.3, -0.25) is 9.58 Å². The summed E-state index contributed by atoms with van der Waals surface area (Å²) in [5.41, 5.74) is 1.69. The first-order valence-electron chi connectivity index (χ1n) is 9.73. The number of unbranched alkanes of at least 4 members (excludes halogenated alkanes) is 1. The highest BCUT2D eigenvalue weighted by Crippen LogP contribution is 2.25. The number of para-hydroxylation sites is 1. The van der Waals surface area contributed by atoms with Gasteiger partial charge in [-0.15, -0.1) is 0 Å². The molecule has 3 rings (SSSR count). The van der Waals surface area contributed by atoms with Crippen LogP contribution in [0.4, 0.5) is 0 Å². The number of piperidine rings is 1. The summed E-state index contributed by atoms with van der Waals surface area (Å²) in [6.45, 7) is 8.32. The Labute approximate surface area is 156 Å². The Morgan fingerprint density at radius 3 is 2.62 bits per heavy atom. The molecule has 0 aliphatic carbocycles. The fourth-order valence-corrected chi connectivity index (χ4v) is 3.40. The van der Waals surface area contributed by atoms with Crippen molar-refractivity contribution in [3.05, 3.63) is 47.8 Å². The maximum atomic E-state index is 10.8. The summed E-state index contributed by atoms with van der Waals surface area (Å²) in [5, 5.41) is 15.4. The zero-order valence-corrected chi connectivity index (χ0v) is 16.0. The summed E-state index contributed by atoms with van der Waals surface area (Å²) in [4.78, 5) is 2.41. The molecule has 1 N–H and O–H groups in total. The number of ether oxygens (including phenoxy) is 1. The minimum atomic E-state index is -0.729. The van der Waals surface area contributed by atoms with E-state index in [0.717, 1.165) is 50.5 Å². The molecule has 142 valence electrons. The summed E-state index contributed by atoms with van der Waals surface area (Å²) >= 11 is 0. The van der Waals surface area contributed by atoms with E-state index in [9.17, 15) is 5.11 Å². The van der Waals surface area contributed by atoms with Crippen LogP contribution in [0.15, 0.2) is 36.5 Å². The number of rotatable bonds is 8. The first kappa shape index (κ1) is 18.9. The van der Waals surface area contributed by atoms with Gasteiger partial charge in [0, 0.05) is 37.9 Å². The second-order valence-corrected chi connectivity index (χ2v) is 7.46. The highest BCUT2D eigenvalue weighted by molar-refractivity contribution is 5.21. The van der Waals surface area contributed by atoms with Crippen LogP contribution in [0.5, 0.6) is 5.75 Å². The Kier molecular flexibility index (Phi) is 6.33. The van der Waals surface area contributed by atoms with Crippen molar-refractivity contribution < 1.29 is 9.84 Å². The minimum Gasteiger partial charge on any atom is -0.491 e. The summed E-state index contributed by atoms with van der Waals surface area (Å²) < 4.78 is 7.85. The van der Waals surface area contributed by atoms with Crippen molar-refractivity contribution in [2.45, 2.75) is 58.2 Å². The third-order valence-electron chi connectivity index (χ3n) is 5.22. The number of hydrogen-bond acceptors (Lipinski definition) is 4. The van der Waals surface area contributed by atoms with Gasteiger partial charge in [-0.1, -0.05) is 31.5 Å². The Bertz CT molecular complexity index is 676. The molecular formula is C21H31N3O2. The van der Waals surface area contributed by atoms with Crippen LogP contribution < -0.4 is 4.74 Å². The van der Waals surface area contributed by atoms with Crippen LogP contribution in [0.3, 0.4) is 0 Å². The molecule has 1 aromatic heterocycles. The predicted molar refractivity (Wildman–Crippen MR) is 103 cm³/mol. The smallest absolute Gasteiger partial charge is 0.119 e. The van der Waals surface area contributed by atoms with E-state index in [1.54, 1.807) is 0 Å². The van der Waals surface area contributed by atoms with Gasteiger partial charge in [0.1, 0.15) is 18.0 Å². The van der Waals surface area contributed by atoms with Gasteiger partial charge in [-0.2, -0.15) is 5.10 Å². The lowest BCUT2D eigenvalue weighted by Gasteiger charge is -2.37. The Morgan fingerprint density at radius 1 is 1.19 bits per heavy atom. The van der Waals surface area contributed by atoms with Crippen molar-refractivity contribution >= 4 is 0 Å². The van der Waals surface area contributed by atoms with Crippen molar-refractivity contribution in [2.75, 3.05) is 19.7 Å². The molecule has 1 saturated heterocycles. The minimum absolute atomic E-state index is 0.360. The van der Waals surface area contributed by atoms with Crippen molar-refractivity contribution in [1.29, 1.82) is 0 Å². The third-order valence-corrected chi connectivity index (χ3v) is 5.22. The summed E-state index contributed by atoms with van der Waals surface area (Å²) in [5.74, 6) is 0.818. The van der Waals surface area contributed by atoms with Gasteiger partial charge in [-0.05, 0) is 38.3 Å². The van der Waals surface area contributed by atoms with Gasteiger partial charge in [0.05, 0.1) is 5.69 Å². The molecule has 2 heterocycles. The largest absolute Gasteiger partial charge is 0.491 e. The molecule has 0 unspecified atom stereocenters. The molecule has 1 aromatic carbocycles. The van der Waals surface area contributed by atoms with Gasteiger partial charge in [-0.25, -0.2) is 0 Å². The molecule has 0 bridgehead atoms. The second kappa shape index (κ2) is 8.69. The van der Waals surface area contributed by atoms with Crippen LogP contribution in [0.1, 0.15) is 43.9 Å². The summed E-state index contributed by atoms with van der Waals surface area (Å²) in [6.07, 6.45) is 6.01. The number of aliphatic hydroxyl groups is 1. The van der Waals surface area contributed by atoms with Crippen LogP contribution in [-0.2, 0) is 13.1 Å². The van der Waals surface area contributed by atoms with E-state index < -0.39 is 5.60 Å². The zero-order valence-electron chi connectivity index (χ0n) is 16.0. The van der Waals surface area contributed by atoms with Crippen LogP contribution in [-0.4, -0.2) is 45.1 Å².